The number of ether oxygens (including phenoxy) is 1. The molecule has 2 aliphatic heterocycles. The highest BCUT2D eigenvalue weighted by molar-refractivity contribution is 5.99. The van der Waals surface area contributed by atoms with Gasteiger partial charge in [-0.3, -0.25) is 9.59 Å². The Labute approximate surface area is 181 Å². The second kappa shape index (κ2) is 9.75. The standard InChI is InChI=1S/C24H28N4O3/c1-31-15-14-27-16-20(23(29)25-13-12-18-8-4-2-5-9-18)22-21(17-27)24(30)28(26-22)19-10-6-3-7-11-19/h3,6-8,10-11,16-17H,2,4-5,9,12-15H2,1H3,(H,25,29). The van der Waals surface area contributed by atoms with E-state index in [0.717, 1.165) is 19.3 Å². The molecule has 7 heteroatoms. The third-order valence-corrected chi connectivity index (χ3v) is 5.64. The predicted molar refractivity (Wildman–Crippen MR) is 120 cm³/mol. The van der Waals surface area contributed by atoms with E-state index >= 15 is 0 Å². The minimum atomic E-state index is -0.241. The molecule has 1 N–H and O–H groups in total. The predicted octanol–water partition coefficient (Wildman–Crippen LogP) is 3.41. The molecule has 31 heavy (non-hydrogen) atoms. The van der Waals surface area contributed by atoms with Crippen LogP contribution >= 0.6 is 0 Å². The molecule has 2 heterocycles. The largest absolute Gasteiger partial charge is 0.383 e. The van der Waals surface area contributed by atoms with Gasteiger partial charge in [0.1, 0.15) is 5.69 Å². The number of benzene rings is 1. The molecule has 7 nitrogen and oxygen atoms in total. The molecule has 0 radical (unpaired) electrons. The van der Waals surface area contributed by atoms with Gasteiger partial charge in [-0.25, -0.2) is 0 Å². The van der Waals surface area contributed by atoms with Crippen LogP contribution in [0.25, 0.3) is 16.9 Å². The Morgan fingerprint density at radius 1 is 1.19 bits per heavy atom. The average Bonchev–Trinajstić information content (AvgIpc) is 3.15. The number of fused-ring (bicyclic) bond motifs is 1. The number of hydrogen-bond acceptors (Lipinski definition) is 4. The summed E-state index contributed by atoms with van der Waals surface area (Å²) in [7, 11) is 1.62. The summed E-state index contributed by atoms with van der Waals surface area (Å²) < 4.78 is 8.35. The summed E-state index contributed by atoms with van der Waals surface area (Å²) in [5, 5.41) is 7.52. The summed E-state index contributed by atoms with van der Waals surface area (Å²) in [4.78, 5) is 26.1. The van der Waals surface area contributed by atoms with Crippen molar-refractivity contribution in [2.75, 3.05) is 20.3 Å². The highest BCUT2D eigenvalue weighted by Crippen LogP contribution is 2.23. The molecule has 0 atom stereocenters. The molecular weight excluding hydrogens is 392 g/mol. The number of nitrogens with one attached hydrogen (secondary N) is 1. The normalized spacial score (nSPS) is 13.9. The molecule has 0 saturated heterocycles. The maximum atomic E-state index is 13.1. The Morgan fingerprint density at radius 2 is 2.03 bits per heavy atom. The maximum absolute atomic E-state index is 13.1. The van der Waals surface area contributed by atoms with Crippen molar-refractivity contribution in [3.8, 4) is 16.9 Å². The lowest BCUT2D eigenvalue weighted by atomic mass is 9.97. The van der Waals surface area contributed by atoms with Gasteiger partial charge in [-0.15, -0.1) is 0 Å². The van der Waals surface area contributed by atoms with E-state index in [0.29, 0.717) is 42.2 Å². The van der Waals surface area contributed by atoms with Crippen molar-refractivity contribution in [2.24, 2.45) is 0 Å². The Kier molecular flexibility index (Phi) is 6.62. The zero-order valence-electron chi connectivity index (χ0n) is 17.8. The summed E-state index contributed by atoms with van der Waals surface area (Å²) in [6, 6.07) is 9.24. The van der Waals surface area contributed by atoms with E-state index in [1.807, 2.05) is 34.9 Å². The second-order valence-corrected chi connectivity index (χ2v) is 7.83. The number of para-hydroxylation sites is 1. The number of nitrogens with zero attached hydrogens (tertiary/aromatic N) is 3. The fraction of sp³-hybridized carbons (Fsp3) is 0.375. The zero-order chi connectivity index (χ0) is 21.6. The Morgan fingerprint density at radius 3 is 2.77 bits per heavy atom. The van der Waals surface area contributed by atoms with Gasteiger partial charge in [0.05, 0.1) is 23.4 Å². The first-order valence-corrected chi connectivity index (χ1v) is 10.8. The molecule has 0 fully saturated rings. The van der Waals surface area contributed by atoms with Gasteiger partial charge in [0.15, 0.2) is 0 Å². The van der Waals surface area contributed by atoms with E-state index in [4.69, 9.17) is 4.74 Å². The van der Waals surface area contributed by atoms with Crippen molar-refractivity contribution in [2.45, 2.75) is 38.6 Å². The number of methoxy groups -OCH3 is 1. The van der Waals surface area contributed by atoms with Gasteiger partial charge in [0.2, 0.25) is 0 Å². The Bertz CT molecular complexity index is 1100. The lowest BCUT2D eigenvalue weighted by Gasteiger charge is -2.14. The SMILES string of the molecule is COCCn1cc(C(=O)NCCC2=CCCCC2)c2nn(-c3ccccc3)c(=O)c-2c1. The van der Waals surface area contributed by atoms with Crippen molar-refractivity contribution in [3.05, 3.63) is 70.3 Å². The smallest absolute Gasteiger partial charge is 0.282 e. The van der Waals surface area contributed by atoms with Gasteiger partial charge in [0.25, 0.3) is 11.5 Å². The van der Waals surface area contributed by atoms with Crippen LogP contribution in [-0.2, 0) is 11.3 Å². The minimum Gasteiger partial charge on any atom is -0.383 e. The summed E-state index contributed by atoms with van der Waals surface area (Å²) >= 11 is 0. The molecule has 1 aliphatic carbocycles. The van der Waals surface area contributed by atoms with E-state index in [2.05, 4.69) is 16.5 Å². The van der Waals surface area contributed by atoms with Gasteiger partial charge in [0, 0.05) is 32.6 Å². The van der Waals surface area contributed by atoms with Crippen LogP contribution in [0.4, 0.5) is 0 Å². The van der Waals surface area contributed by atoms with Crippen LogP contribution in [0.2, 0.25) is 0 Å². The number of aromatic nitrogens is 3. The number of amides is 1. The molecule has 1 aromatic rings. The number of pyridine rings is 1. The molecule has 4 rings (SSSR count). The number of hydrogen-bond donors (Lipinski definition) is 1. The first-order valence-electron chi connectivity index (χ1n) is 10.8. The van der Waals surface area contributed by atoms with Crippen molar-refractivity contribution >= 4 is 5.91 Å². The Balaban J connectivity index is 1.64. The van der Waals surface area contributed by atoms with Crippen LogP contribution in [-0.4, -0.2) is 40.5 Å². The van der Waals surface area contributed by atoms with Crippen LogP contribution in [0.15, 0.2) is 59.2 Å². The highest BCUT2D eigenvalue weighted by atomic mass is 16.5. The van der Waals surface area contributed by atoms with Crippen LogP contribution in [0.3, 0.4) is 0 Å². The van der Waals surface area contributed by atoms with Crippen LogP contribution in [0.1, 0.15) is 42.5 Å². The van der Waals surface area contributed by atoms with Crippen LogP contribution in [0, 0.1) is 0 Å². The summed E-state index contributed by atoms with van der Waals surface area (Å²) in [6.07, 6.45) is 11.4. The molecule has 0 spiro atoms. The molecule has 0 bridgehead atoms. The van der Waals surface area contributed by atoms with Crippen molar-refractivity contribution < 1.29 is 9.53 Å². The van der Waals surface area contributed by atoms with Gasteiger partial charge in [-0.2, -0.15) is 9.78 Å². The van der Waals surface area contributed by atoms with Crippen molar-refractivity contribution in [1.82, 2.24) is 19.7 Å². The molecule has 162 valence electrons. The van der Waals surface area contributed by atoms with E-state index in [9.17, 15) is 9.59 Å². The number of allylic oxidation sites excluding steroid dienone is 1. The third-order valence-electron chi connectivity index (χ3n) is 5.64. The number of carbonyl (C=O) groups excluding carboxylic acids is 1. The first kappa shape index (κ1) is 21.1. The topological polar surface area (TPSA) is 78.2 Å². The van der Waals surface area contributed by atoms with E-state index < -0.39 is 0 Å². The van der Waals surface area contributed by atoms with Gasteiger partial charge < -0.3 is 14.6 Å². The third kappa shape index (κ3) is 4.77. The quantitative estimate of drug-likeness (QED) is 0.567. The highest BCUT2D eigenvalue weighted by Gasteiger charge is 2.24. The first-order chi connectivity index (χ1) is 15.2. The van der Waals surface area contributed by atoms with Gasteiger partial charge >= 0.3 is 0 Å². The molecule has 3 aliphatic rings. The lowest BCUT2D eigenvalue weighted by molar-refractivity contribution is 0.0953. The minimum absolute atomic E-state index is 0.217. The van der Waals surface area contributed by atoms with Gasteiger partial charge in [-0.05, 0) is 44.2 Å². The van der Waals surface area contributed by atoms with Gasteiger partial charge in [-0.1, -0.05) is 29.8 Å². The molecule has 1 aromatic carbocycles. The summed E-state index contributed by atoms with van der Waals surface area (Å²) in [6.45, 7) is 1.59. The number of carbonyl (C=O) groups is 1. The van der Waals surface area contributed by atoms with Crippen molar-refractivity contribution in [1.29, 1.82) is 0 Å². The fourth-order valence-corrected chi connectivity index (χ4v) is 3.96. The molecule has 0 saturated carbocycles. The van der Waals surface area contributed by atoms with Crippen LogP contribution < -0.4 is 10.9 Å². The van der Waals surface area contributed by atoms with E-state index in [-0.39, 0.29) is 11.5 Å². The van der Waals surface area contributed by atoms with E-state index in [1.54, 1.807) is 19.5 Å². The summed E-state index contributed by atoms with van der Waals surface area (Å²) in [5.41, 5.74) is 3.07. The number of rotatable bonds is 8. The lowest BCUT2D eigenvalue weighted by Crippen LogP contribution is -2.27. The maximum Gasteiger partial charge on any atom is 0.282 e. The molecule has 1 amide bonds. The van der Waals surface area contributed by atoms with E-state index in [1.165, 1.54) is 23.1 Å². The average molecular weight is 421 g/mol. The monoisotopic (exact) mass is 420 g/mol. The van der Waals surface area contributed by atoms with Crippen LogP contribution in [0.5, 0.6) is 0 Å². The molecule has 0 aromatic heterocycles. The molecular formula is C24H28N4O3. The summed E-state index contributed by atoms with van der Waals surface area (Å²) in [5.74, 6) is -0.217. The zero-order valence-corrected chi connectivity index (χ0v) is 17.8. The van der Waals surface area contributed by atoms with Crippen molar-refractivity contribution in [3.63, 3.8) is 0 Å². The fourth-order valence-electron chi connectivity index (χ4n) is 3.96. The second-order valence-electron chi connectivity index (χ2n) is 7.83. The Hall–Kier alpha value is -3.19. The molecule has 0 unspecified atom stereocenters.